The molecule has 0 radical (unpaired) electrons. The first-order valence-electron chi connectivity index (χ1n) is 11.7. The van der Waals surface area contributed by atoms with Gasteiger partial charge in [0.15, 0.2) is 0 Å². The molecule has 2 aromatic carbocycles. The first-order chi connectivity index (χ1) is 16.8. The van der Waals surface area contributed by atoms with E-state index in [-0.39, 0.29) is 24.5 Å². The standard InChI is InChI=1S/C27H30N2O6/c1-17(2)11-12-24(26(32)29-13-18(14-29)34-16-25(30)31)28-27(33)35-15-23-21-9-5-3-7-19(21)20-8-4-6-10-22(20)23/h3-11,18,23-24H,12-16H2,1-2H3,(H,28,33)(H,30,31). The molecular formula is C27H30N2O6. The molecule has 2 aromatic rings. The number of rotatable bonds is 9. The van der Waals surface area contributed by atoms with Crippen molar-refractivity contribution in [2.24, 2.45) is 0 Å². The van der Waals surface area contributed by atoms with Crippen molar-refractivity contribution in [3.8, 4) is 11.1 Å². The Morgan fingerprint density at radius 3 is 2.23 bits per heavy atom. The fourth-order valence-corrected chi connectivity index (χ4v) is 4.49. The highest BCUT2D eigenvalue weighted by Gasteiger charge is 2.36. The summed E-state index contributed by atoms with van der Waals surface area (Å²) in [4.78, 5) is 38.0. The summed E-state index contributed by atoms with van der Waals surface area (Å²) < 4.78 is 10.8. The van der Waals surface area contributed by atoms with Crippen LogP contribution in [0.2, 0.25) is 0 Å². The number of aliphatic carboxylic acids is 1. The van der Waals surface area contributed by atoms with E-state index in [1.807, 2.05) is 44.2 Å². The van der Waals surface area contributed by atoms with Crippen LogP contribution in [0.15, 0.2) is 60.2 Å². The fraction of sp³-hybridized carbons (Fsp3) is 0.370. The first-order valence-corrected chi connectivity index (χ1v) is 11.7. The second-order valence-electron chi connectivity index (χ2n) is 9.11. The second-order valence-corrected chi connectivity index (χ2v) is 9.11. The molecule has 0 bridgehead atoms. The number of nitrogens with one attached hydrogen (secondary N) is 1. The van der Waals surface area contributed by atoms with Crippen molar-refractivity contribution in [2.45, 2.75) is 38.3 Å². The molecule has 8 heteroatoms. The summed E-state index contributed by atoms with van der Waals surface area (Å²) in [7, 11) is 0. The Labute approximate surface area is 204 Å². The normalized spacial score (nSPS) is 15.4. The number of carboxylic acid groups (broad SMARTS) is 1. The molecule has 1 fully saturated rings. The lowest BCUT2D eigenvalue weighted by atomic mass is 9.98. The molecule has 2 amide bonds. The summed E-state index contributed by atoms with van der Waals surface area (Å²) in [5.74, 6) is -1.36. The Kier molecular flexibility index (Phi) is 7.51. The molecule has 2 aliphatic rings. The van der Waals surface area contributed by atoms with Crippen LogP contribution in [0.3, 0.4) is 0 Å². The highest BCUT2D eigenvalue weighted by molar-refractivity contribution is 5.86. The van der Waals surface area contributed by atoms with Gasteiger partial charge in [0.25, 0.3) is 0 Å². The Balaban J connectivity index is 1.37. The van der Waals surface area contributed by atoms with Gasteiger partial charge in [-0.15, -0.1) is 0 Å². The third kappa shape index (κ3) is 5.71. The van der Waals surface area contributed by atoms with E-state index >= 15 is 0 Å². The molecule has 1 unspecified atom stereocenters. The van der Waals surface area contributed by atoms with Crippen LogP contribution in [0.4, 0.5) is 4.79 Å². The molecule has 1 atom stereocenters. The highest BCUT2D eigenvalue weighted by atomic mass is 16.5. The van der Waals surface area contributed by atoms with Crippen molar-refractivity contribution in [3.63, 3.8) is 0 Å². The van der Waals surface area contributed by atoms with Gasteiger partial charge in [-0.1, -0.05) is 60.2 Å². The number of alkyl carbamates (subject to hydrolysis) is 1. The summed E-state index contributed by atoms with van der Waals surface area (Å²) in [5, 5.41) is 11.5. The van der Waals surface area contributed by atoms with Crippen LogP contribution in [0.5, 0.6) is 0 Å². The Morgan fingerprint density at radius 2 is 1.66 bits per heavy atom. The van der Waals surface area contributed by atoms with Gasteiger partial charge in [0, 0.05) is 19.0 Å². The molecule has 35 heavy (non-hydrogen) atoms. The number of amides is 2. The van der Waals surface area contributed by atoms with Crippen LogP contribution in [0.25, 0.3) is 11.1 Å². The maximum Gasteiger partial charge on any atom is 0.407 e. The fourth-order valence-electron chi connectivity index (χ4n) is 4.49. The number of hydrogen-bond donors (Lipinski definition) is 2. The Morgan fingerprint density at radius 1 is 1.06 bits per heavy atom. The van der Waals surface area contributed by atoms with Crippen LogP contribution >= 0.6 is 0 Å². The predicted octanol–water partition coefficient (Wildman–Crippen LogP) is 3.56. The van der Waals surface area contributed by atoms with Gasteiger partial charge in [0.1, 0.15) is 19.3 Å². The lowest BCUT2D eigenvalue weighted by Gasteiger charge is -2.40. The van der Waals surface area contributed by atoms with E-state index in [4.69, 9.17) is 14.6 Å². The molecule has 184 valence electrons. The van der Waals surface area contributed by atoms with Crippen LogP contribution in [-0.2, 0) is 19.1 Å². The molecule has 4 rings (SSSR count). The van der Waals surface area contributed by atoms with E-state index in [0.717, 1.165) is 27.8 Å². The molecule has 0 spiro atoms. The van der Waals surface area contributed by atoms with Crippen LogP contribution in [-0.4, -0.2) is 66.4 Å². The number of hydrogen-bond acceptors (Lipinski definition) is 5. The van der Waals surface area contributed by atoms with Crippen LogP contribution < -0.4 is 5.32 Å². The van der Waals surface area contributed by atoms with Crippen molar-refractivity contribution in [3.05, 3.63) is 71.3 Å². The van der Waals surface area contributed by atoms with Crippen molar-refractivity contribution in [1.29, 1.82) is 0 Å². The summed E-state index contributed by atoms with van der Waals surface area (Å²) >= 11 is 0. The summed E-state index contributed by atoms with van der Waals surface area (Å²) in [6, 6.07) is 15.4. The molecule has 2 N–H and O–H groups in total. The SMILES string of the molecule is CC(C)=CCC(NC(=O)OCC1c2ccccc2-c2ccccc21)C(=O)N1CC(OCC(=O)O)C1. The number of ether oxygens (including phenoxy) is 2. The third-order valence-electron chi connectivity index (χ3n) is 6.30. The number of allylic oxidation sites excluding steroid dienone is 1. The zero-order valence-corrected chi connectivity index (χ0v) is 19.9. The van der Waals surface area contributed by atoms with Gasteiger partial charge in [-0.2, -0.15) is 0 Å². The van der Waals surface area contributed by atoms with E-state index in [0.29, 0.717) is 19.5 Å². The zero-order valence-electron chi connectivity index (χ0n) is 19.9. The second kappa shape index (κ2) is 10.7. The third-order valence-corrected chi connectivity index (χ3v) is 6.30. The maximum atomic E-state index is 13.0. The minimum atomic E-state index is -1.05. The van der Waals surface area contributed by atoms with E-state index < -0.39 is 24.7 Å². The smallest absolute Gasteiger partial charge is 0.407 e. The molecular weight excluding hydrogens is 448 g/mol. The minimum Gasteiger partial charge on any atom is -0.480 e. The van der Waals surface area contributed by atoms with Gasteiger partial charge in [-0.25, -0.2) is 9.59 Å². The van der Waals surface area contributed by atoms with Gasteiger partial charge in [0.2, 0.25) is 5.91 Å². The van der Waals surface area contributed by atoms with Crippen LogP contribution in [0.1, 0.15) is 37.3 Å². The molecule has 1 saturated heterocycles. The Bertz CT molecular complexity index is 1090. The average Bonchev–Trinajstić information content (AvgIpc) is 3.12. The minimum absolute atomic E-state index is 0.0670. The van der Waals surface area contributed by atoms with Crippen molar-refractivity contribution in [2.75, 3.05) is 26.3 Å². The van der Waals surface area contributed by atoms with Crippen molar-refractivity contribution < 1.29 is 29.0 Å². The van der Waals surface area contributed by atoms with Gasteiger partial charge in [0.05, 0.1) is 6.10 Å². The van der Waals surface area contributed by atoms with E-state index in [9.17, 15) is 14.4 Å². The zero-order chi connectivity index (χ0) is 24.9. The topological polar surface area (TPSA) is 105 Å². The largest absolute Gasteiger partial charge is 0.480 e. The monoisotopic (exact) mass is 478 g/mol. The van der Waals surface area contributed by atoms with E-state index in [2.05, 4.69) is 29.6 Å². The number of benzene rings is 2. The molecule has 8 nitrogen and oxygen atoms in total. The van der Waals surface area contributed by atoms with Crippen LogP contribution in [0, 0.1) is 0 Å². The number of nitrogens with zero attached hydrogens (tertiary/aromatic N) is 1. The molecule has 0 saturated carbocycles. The van der Waals surface area contributed by atoms with Gasteiger partial charge in [-0.05, 0) is 42.5 Å². The number of fused-ring (bicyclic) bond motifs is 3. The summed E-state index contributed by atoms with van der Waals surface area (Å²) in [6.45, 7) is 4.21. The summed E-state index contributed by atoms with van der Waals surface area (Å²) in [5.41, 5.74) is 5.55. The quantitative estimate of drug-likeness (QED) is 0.534. The lowest BCUT2D eigenvalue weighted by Crippen LogP contribution is -2.60. The first kappa shape index (κ1) is 24.5. The van der Waals surface area contributed by atoms with E-state index in [1.165, 1.54) is 0 Å². The maximum absolute atomic E-state index is 13.0. The van der Waals surface area contributed by atoms with E-state index in [1.54, 1.807) is 4.90 Å². The van der Waals surface area contributed by atoms with Gasteiger partial charge in [-0.3, -0.25) is 4.79 Å². The number of carboxylic acids is 1. The molecule has 1 heterocycles. The van der Waals surface area contributed by atoms with Gasteiger partial charge >= 0.3 is 12.1 Å². The Hall–Kier alpha value is -3.65. The number of carbonyl (C=O) groups is 3. The van der Waals surface area contributed by atoms with Gasteiger partial charge < -0.3 is 24.8 Å². The lowest BCUT2D eigenvalue weighted by molar-refractivity contribution is -0.155. The van der Waals surface area contributed by atoms with Crippen molar-refractivity contribution in [1.82, 2.24) is 10.2 Å². The average molecular weight is 479 g/mol. The summed E-state index contributed by atoms with van der Waals surface area (Å²) in [6.07, 6.45) is 1.27. The molecule has 0 aromatic heterocycles. The van der Waals surface area contributed by atoms with Crippen molar-refractivity contribution >= 4 is 18.0 Å². The highest BCUT2D eigenvalue weighted by Crippen LogP contribution is 2.44. The number of carbonyl (C=O) groups excluding carboxylic acids is 2. The number of likely N-dealkylation sites (tertiary alicyclic amines) is 1. The molecule has 1 aliphatic carbocycles. The predicted molar refractivity (Wildman–Crippen MR) is 130 cm³/mol. The molecule has 1 aliphatic heterocycles.